The van der Waals surface area contributed by atoms with Gasteiger partial charge in [0.05, 0.1) is 30.8 Å². The summed E-state index contributed by atoms with van der Waals surface area (Å²) in [6, 6.07) is 5.85. The highest BCUT2D eigenvalue weighted by Crippen LogP contribution is 2.36. The van der Waals surface area contributed by atoms with E-state index in [1.807, 2.05) is 0 Å². The summed E-state index contributed by atoms with van der Waals surface area (Å²) < 4.78 is 50.6. The van der Waals surface area contributed by atoms with Crippen LogP contribution in [0.3, 0.4) is 0 Å². The zero-order valence-corrected chi connectivity index (χ0v) is 14.0. The maximum absolute atomic E-state index is 13.0. The summed E-state index contributed by atoms with van der Waals surface area (Å²) in [6.07, 6.45) is -4.55. The Morgan fingerprint density at radius 1 is 1.30 bits per heavy atom. The number of nitrogens with zero attached hydrogens (tertiary/aromatic N) is 1. The molecule has 1 aromatic heterocycles. The maximum Gasteiger partial charge on any atom is 0.433 e. The number of ether oxygens (including phenoxy) is 2. The Kier molecular flexibility index (Phi) is 4.41. The highest BCUT2D eigenvalue weighted by atomic mass is 127. The molecule has 2 aromatic rings. The van der Waals surface area contributed by atoms with Crippen LogP contribution in [0, 0.1) is 8.99 Å². The number of aromatic nitrogens is 1. The minimum absolute atomic E-state index is 0.0887. The van der Waals surface area contributed by atoms with Gasteiger partial charge in [0.2, 0.25) is 0 Å². The van der Waals surface area contributed by atoms with Crippen molar-refractivity contribution in [1.29, 1.82) is 0 Å². The molecule has 1 N–H and O–H groups in total. The van der Waals surface area contributed by atoms with Gasteiger partial charge in [-0.05, 0) is 40.8 Å². The van der Waals surface area contributed by atoms with Crippen molar-refractivity contribution in [2.24, 2.45) is 5.41 Å². The van der Waals surface area contributed by atoms with Crippen LogP contribution in [-0.2, 0) is 10.9 Å². The van der Waals surface area contributed by atoms with Crippen LogP contribution in [0.15, 0.2) is 24.3 Å². The Morgan fingerprint density at radius 3 is 2.61 bits per heavy atom. The van der Waals surface area contributed by atoms with E-state index in [4.69, 9.17) is 9.47 Å². The van der Waals surface area contributed by atoms with Crippen molar-refractivity contribution in [3.05, 3.63) is 33.5 Å². The van der Waals surface area contributed by atoms with Crippen LogP contribution in [0.25, 0.3) is 10.9 Å². The molecule has 0 saturated carbocycles. The molecule has 124 valence electrons. The van der Waals surface area contributed by atoms with Crippen LogP contribution in [-0.4, -0.2) is 36.5 Å². The Hall–Kier alpha value is -1.13. The number of aliphatic hydroxyl groups excluding tert-OH is 1. The molecule has 0 atom stereocenters. The molecule has 8 heteroatoms. The third-order valence-corrected chi connectivity index (χ3v) is 4.38. The third kappa shape index (κ3) is 3.38. The lowest BCUT2D eigenvalue weighted by Crippen LogP contribution is -2.49. The fraction of sp³-hybridized carbons (Fsp3) is 0.400. The van der Waals surface area contributed by atoms with Gasteiger partial charge in [-0.3, -0.25) is 0 Å². The zero-order valence-electron chi connectivity index (χ0n) is 11.9. The standard InChI is InChI=1S/C15H13F3INO3/c16-15(17,18)13-4-12(23-8-14(5-21)6-22-7-14)10-3-9(19)1-2-11(10)20-13/h1-4,21H,5-8H2. The van der Waals surface area contributed by atoms with E-state index >= 15 is 0 Å². The molecule has 0 radical (unpaired) electrons. The van der Waals surface area contributed by atoms with Crippen molar-refractivity contribution in [1.82, 2.24) is 4.98 Å². The molecule has 1 aliphatic heterocycles. The van der Waals surface area contributed by atoms with Crippen LogP contribution in [0.2, 0.25) is 0 Å². The van der Waals surface area contributed by atoms with Crippen LogP contribution in [0.1, 0.15) is 5.69 Å². The number of hydrogen-bond acceptors (Lipinski definition) is 4. The fourth-order valence-electron chi connectivity index (χ4n) is 2.27. The molecule has 0 spiro atoms. The van der Waals surface area contributed by atoms with Gasteiger partial charge in [-0.25, -0.2) is 4.98 Å². The number of halogens is 4. The molecule has 0 aliphatic carbocycles. The summed E-state index contributed by atoms with van der Waals surface area (Å²) in [7, 11) is 0. The topological polar surface area (TPSA) is 51.6 Å². The molecular weight excluding hydrogens is 426 g/mol. The average Bonchev–Trinajstić information content (AvgIpc) is 2.45. The Labute approximate surface area is 143 Å². The summed E-state index contributed by atoms with van der Waals surface area (Å²) >= 11 is 2.07. The van der Waals surface area contributed by atoms with E-state index < -0.39 is 17.3 Å². The first kappa shape index (κ1) is 16.7. The van der Waals surface area contributed by atoms with E-state index in [1.165, 1.54) is 6.07 Å². The number of hydrogen-bond donors (Lipinski definition) is 1. The largest absolute Gasteiger partial charge is 0.492 e. The average molecular weight is 439 g/mol. The summed E-state index contributed by atoms with van der Waals surface area (Å²) in [5, 5.41) is 9.91. The van der Waals surface area contributed by atoms with E-state index in [1.54, 1.807) is 12.1 Å². The molecule has 1 aliphatic rings. The highest BCUT2D eigenvalue weighted by Gasteiger charge is 2.39. The van der Waals surface area contributed by atoms with Gasteiger partial charge in [-0.1, -0.05) is 0 Å². The molecule has 1 saturated heterocycles. The molecular formula is C15H13F3INO3. The van der Waals surface area contributed by atoms with Crippen LogP contribution >= 0.6 is 22.6 Å². The quantitative estimate of drug-likeness (QED) is 0.744. The van der Waals surface area contributed by atoms with Crippen LogP contribution < -0.4 is 4.74 Å². The molecule has 0 amide bonds. The molecule has 2 heterocycles. The second-order valence-electron chi connectivity index (χ2n) is 5.60. The van der Waals surface area contributed by atoms with Gasteiger partial charge in [0, 0.05) is 15.0 Å². The van der Waals surface area contributed by atoms with E-state index in [0.29, 0.717) is 18.6 Å². The minimum atomic E-state index is -4.55. The summed E-state index contributed by atoms with van der Waals surface area (Å²) in [5.41, 5.74) is -1.32. The number of benzene rings is 1. The van der Waals surface area contributed by atoms with E-state index in [-0.39, 0.29) is 24.5 Å². The Morgan fingerprint density at radius 2 is 2.04 bits per heavy atom. The fourth-order valence-corrected chi connectivity index (χ4v) is 2.76. The first-order chi connectivity index (χ1) is 10.8. The van der Waals surface area contributed by atoms with Crippen molar-refractivity contribution in [2.75, 3.05) is 26.4 Å². The van der Waals surface area contributed by atoms with Crippen LogP contribution in [0.4, 0.5) is 13.2 Å². The Bertz CT molecular complexity index is 726. The zero-order chi connectivity index (χ0) is 16.7. The molecule has 1 aromatic carbocycles. The lowest BCUT2D eigenvalue weighted by molar-refractivity contribution is -0.153. The predicted molar refractivity (Wildman–Crippen MR) is 85.3 cm³/mol. The normalized spacial score (nSPS) is 17.1. The SMILES string of the molecule is OCC1(COc2cc(C(F)(F)F)nc3ccc(I)cc23)COC1. The first-order valence-electron chi connectivity index (χ1n) is 6.82. The van der Waals surface area contributed by atoms with Crippen molar-refractivity contribution >= 4 is 33.5 Å². The van der Waals surface area contributed by atoms with Crippen molar-refractivity contribution in [3.63, 3.8) is 0 Å². The Balaban J connectivity index is 2.00. The molecule has 0 bridgehead atoms. The summed E-state index contributed by atoms with van der Waals surface area (Å²) in [5.74, 6) is 0.112. The van der Waals surface area contributed by atoms with Crippen molar-refractivity contribution < 1.29 is 27.8 Å². The van der Waals surface area contributed by atoms with E-state index in [0.717, 1.165) is 9.64 Å². The molecule has 3 rings (SSSR count). The monoisotopic (exact) mass is 439 g/mol. The van der Waals surface area contributed by atoms with Gasteiger partial charge in [0.15, 0.2) is 0 Å². The number of alkyl halides is 3. The second-order valence-corrected chi connectivity index (χ2v) is 6.85. The lowest BCUT2D eigenvalue weighted by atomic mass is 9.88. The minimum Gasteiger partial charge on any atom is -0.492 e. The van der Waals surface area contributed by atoms with Crippen molar-refractivity contribution in [3.8, 4) is 5.75 Å². The van der Waals surface area contributed by atoms with Crippen molar-refractivity contribution in [2.45, 2.75) is 6.18 Å². The van der Waals surface area contributed by atoms with Gasteiger partial charge in [-0.15, -0.1) is 0 Å². The smallest absolute Gasteiger partial charge is 0.433 e. The van der Waals surface area contributed by atoms with E-state index in [9.17, 15) is 18.3 Å². The number of fused-ring (bicyclic) bond motifs is 1. The summed E-state index contributed by atoms with van der Waals surface area (Å²) in [4.78, 5) is 3.66. The van der Waals surface area contributed by atoms with Gasteiger partial charge in [-0.2, -0.15) is 13.2 Å². The number of pyridine rings is 1. The maximum atomic E-state index is 13.0. The van der Waals surface area contributed by atoms with Gasteiger partial charge in [0.25, 0.3) is 0 Å². The van der Waals surface area contributed by atoms with Gasteiger partial charge < -0.3 is 14.6 Å². The third-order valence-electron chi connectivity index (χ3n) is 3.71. The first-order valence-corrected chi connectivity index (χ1v) is 7.90. The lowest BCUT2D eigenvalue weighted by Gasteiger charge is -2.39. The molecule has 0 unspecified atom stereocenters. The predicted octanol–water partition coefficient (Wildman–Crippen LogP) is 3.25. The second kappa shape index (κ2) is 6.06. The number of rotatable bonds is 4. The van der Waals surface area contributed by atoms with Crippen LogP contribution in [0.5, 0.6) is 5.75 Å². The van der Waals surface area contributed by atoms with Gasteiger partial charge >= 0.3 is 6.18 Å². The van der Waals surface area contributed by atoms with Gasteiger partial charge in [0.1, 0.15) is 18.1 Å². The van der Waals surface area contributed by atoms with E-state index in [2.05, 4.69) is 27.6 Å². The molecule has 4 nitrogen and oxygen atoms in total. The molecule has 1 fully saturated rings. The highest BCUT2D eigenvalue weighted by molar-refractivity contribution is 14.1. The summed E-state index contributed by atoms with van der Waals surface area (Å²) in [6.45, 7) is 0.609. The molecule has 23 heavy (non-hydrogen) atoms. The number of aliphatic hydroxyl groups is 1.